The van der Waals surface area contributed by atoms with E-state index < -0.39 is 12.0 Å². The van der Waals surface area contributed by atoms with Gasteiger partial charge in [-0.05, 0) is 30.7 Å². The average molecular weight is 319 g/mol. The molecule has 1 aromatic carbocycles. The maximum absolute atomic E-state index is 12.7. The lowest BCUT2D eigenvalue weighted by Crippen LogP contribution is -2.49. The molecule has 1 fully saturated rings. The lowest BCUT2D eigenvalue weighted by atomic mass is 10.1. The largest absolute Gasteiger partial charge is 0.489 e. The molecular weight excluding hydrogens is 298 g/mol. The zero-order chi connectivity index (χ0) is 16.8. The minimum Gasteiger partial charge on any atom is -0.489 e. The second kappa shape index (κ2) is 7.78. The van der Waals surface area contributed by atoms with E-state index in [2.05, 4.69) is 6.58 Å². The smallest absolute Gasteiger partial charge is 0.305 e. The number of amides is 1. The molecule has 1 atom stereocenters. The van der Waals surface area contributed by atoms with Crippen molar-refractivity contribution >= 4 is 11.9 Å². The fourth-order valence-corrected chi connectivity index (χ4v) is 2.38. The van der Waals surface area contributed by atoms with Gasteiger partial charge in [0.2, 0.25) is 0 Å². The number of morpholine rings is 1. The van der Waals surface area contributed by atoms with Crippen LogP contribution in [0.3, 0.4) is 0 Å². The molecule has 1 saturated heterocycles. The summed E-state index contributed by atoms with van der Waals surface area (Å²) in [5, 5.41) is 8.98. The van der Waals surface area contributed by atoms with Crippen molar-refractivity contribution in [2.45, 2.75) is 19.4 Å². The normalized spacial score (nSPS) is 17.6. The van der Waals surface area contributed by atoms with E-state index in [1.165, 1.54) is 0 Å². The summed E-state index contributed by atoms with van der Waals surface area (Å²) in [6.07, 6.45) is -0.127. The summed E-state index contributed by atoms with van der Waals surface area (Å²) in [7, 11) is 0. The first kappa shape index (κ1) is 17.0. The minimum absolute atomic E-state index is 0.127. The van der Waals surface area contributed by atoms with Gasteiger partial charge in [-0.1, -0.05) is 12.6 Å². The van der Waals surface area contributed by atoms with Gasteiger partial charge in [0.05, 0.1) is 25.7 Å². The first-order valence-corrected chi connectivity index (χ1v) is 7.45. The summed E-state index contributed by atoms with van der Waals surface area (Å²) >= 11 is 0. The highest BCUT2D eigenvalue weighted by Crippen LogP contribution is 2.19. The Morgan fingerprint density at radius 3 is 2.96 bits per heavy atom. The minimum atomic E-state index is -0.947. The predicted octanol–water partition coefficient (Wildman–Crippen LogP) is 1.96. The number of carboxylic acids is 1. The Morgan fingerprint density at radius 2 is 2.26 bits per heavy atom. The number of aliphatic carboxylic acids is 1. The molecule has 0 saturated carbocycles. The van der Waals surface area contributed by atoms with Crippen LogP contribution in [0.4, 0.5) is 0 Å². The lowest BCUT2D eigenvalue weighted by Gasteiger charge is -2.34. The highest BCUT2D eigenvalue weighted by molar-refractivity contribution is 5.95. The maximum Gasteiger partial charge on any atom is 0.305 e. The number of hydrogen-bond donors (Lipinski definition) is 1. The van der Waals surface area contributed by atoms with Crippen LogP contribution >= 0.6 is 0 Å². The number of hydrogen-bond acceptors (Lipinski definition) is 4. The highest BCUT2D eigenvalue weighted by atomic mass is 16.5. The van der Waals surface area contributed by atoms with E-state index in [9.17, 15) is 9.59 Å². The number of nitrogens with zero attached hydrogens (tertiary/aromatic N) is 1. The summed E-state index contributed by atoms with van der Waals surface area (Å²) < 4.78 is 10.8. The van der Waals surface area contributed by atoms with E-state index in [0.29, 0.717) is 31.1 Å². The van der Waals surface area contributed by atoms with Crippen LogP contribution in [0, 0.1) is 0 Å². The van der Waals surface area contributed by atoms with Crippen molar-refractivity contribution < 1.29 is 24.2 Å². The maximum atomic E-state index is 12.7. The van der Waals surface area contributed by atoms with Gasteiger partial charge in [0.15, 0.2) is 0 Å². The monoisotopic (exact) mass is 319 g/mol. The molecule has 0 aromatic heterocycles. The molecule has 0 unspecified atom stereocenters. The van der Waals surface area contributed by atoms with Crippen LogP contribution in [0.15, 0.2) is 36.4 Å². The molecule has 1 aromatic rings. The zero-order valence-electron chi connectivity index (χ0n) is 13.2. The molecule has 1 aliphatic heterocycles. The predicted molar refractivity (Wildman–Crippen MR) is 84.6 cm³/mol. The summed E-state index contributed by atoms with van der Waals surface area (Å²) in [4.78, 5) is 25.2. The van der Waals surface area contributed by atoms with Crippen LogP contribution in [0.5, 0.6) is 5.75 Å². The summed E-state index contributed by atoms with van der Waals surface area (Å²) in [6.45, 7) is 7.05. The van der Waals surface area contributed by atoms with E-state index in [1.807, 2.05) is 6.92 Å². The molecule has 6 nitrogen and oxygen atoms in total. The Labute approximate surface area is 135 Å². The van der Waals surface area contributed by atoms with E-state index in [0.717, 1.165) is 5.57 Å². The Bertz CT molecular complexity index is 598. The number of rotatable bonds is 6. The first-order valence-electron chi connectivity index (χ1n) is 7.45. The Balaban J connectivity index is 2.12. The van der Waals surface area contributed by atoms with Gasteiger partial charge in [0.25, 0.3) is 5.91 Å². The number of ether oxygens (including phenoxy) is 2. The van der Waals surface area contributed by atoms with Gasteiger partial charge in [-0.3, -0.25) is 9.59 Å². The molecule has 0 aliphatic carbocycles. The second-order valence-corrected chi connectivity index (χ2v) is 5.60. The van der Waals surface area contributed by atoms with Crippen LogP contribution in [-0.2, 0) is 9.53 Å². The summed E-state index contributed by atoms with van der Waals surface area (Å²) in [6, 6.07) is 6.43. The van der Waals surface area contributed by atoms with Crippen LogP contribution < -0.4 is 4.74 Å². The molecular formula is C17H21NO5. The van der Waals surface area contributed by atoms with Gasteiger partial charge in [0.1, 0.15) is 12.4 Å². The van der Waals surface area contributed by atoms with Crippen molar-refractivity contribution in [3.05, 3.63) is 42.0 Å². The topological polar surface area (TPSA) is 76.1 Å². The van der Waals surface area contributed by atoms with Crippen molar-refractivity contribution in [2.75, 3.05) is 26.4 Å². The van der Waals surface area contributed by atoms with Gasteiger partial charge in [-0.15, -0.1) is 0 Å². The molecule has 1 N–H and O–H groups in total. The molecule has 2 rings (SSSR count). The molecule has 0 spiro atoms. The molecule has 23 heavy (non-hydrogen) atoms. The van der Waals surface area contributed by atoms with E-state index in [1.54, 1.807) is 29.2 Å². The van der Waals surface area contributed by atoms with Crippen molar-refractivity contribution in [3.8, 4) is 5.75 Å². The molecule has 0 bridgehead atoms. The van der Waals surface area contributed by atoms with Gasteiger partial charge in [-0.2, -0.15) is 0 Å². The molecule has 1 heterocycles. The van der Waals surface area contributed by atoms with Gasteiger partial charge >= 0.3 is 5.97 Å². The van der Waals surface area contributed by atoms with Crippen LogP contribution in [0.25, 0.3) is 0 Å². The molecule has 6 heteroatoms. The molecule has 1 amide bonds. The lowest BCUT2D eigenvalue weighted by molar-refractivity contribution is -0.139. The highest BCUT2D eigenvalue weighted by Gasteiger charge is 2.29. The molecule has 0 radical (unpaired) electrons. The van der Waals surface area contributed by atoms with E-state index >= 15 is 0 Å². The first-order chi connectivity index (χ1) is 11.0. The van der Waals surface area contributed by atoms with Crippen molar-refractivity contribution in [3.63, 3.8) is 0 Å². The van der Waals surface area contributed by atoms with Crippen LogP contribution in [-0.4, -0.2) is 54.3 Å². The zero-order valence-corrected chi connectivity index (χ0v) is 13.2. The average Bonchev–Trinajstić information content (AvgIpc) is 2.52. The van der Waals surface area contributed by atoms with Gasteiger partial charge in [0, 0.05) is 12.1 Å². The van der Waals surface area contributed by atoms with Crippen molar-refractivity contribution in [1.29, 1.82) is 0 Å². The third-order valence-electron chi connectivity index (χ3n) is 3.46. The summed E-state index contributed by atoms with van der Waals surface area (Å²) in [5.41, 5.74) is 1.36. The summed E-state index contributed by atoms with van der Waals surface area (Å²) in [5.74, 6) is -0.570. The number of benzene rings is 1. The number of carbonyl (C=O) groups excluding carboxylic acids is 1. The fraction of sp³-hybridized carbons (Fsp3) is 0.412. The molecule has 124 valence electrons. The number of carboxylic acid groups (broad SMARTS) is 1. The Kier molecular flexibility index (Phi) is 5.76. The SMILES string of the molecule is C=C(C)COc1cccc(C(=O)N2CCOC[C@H]2CC(=O)O)c1. The van der Waals surface area contributed by atoms with Crippen LogP contribution in [0.2, 0.25) is 0 Å². The van der Waals surface area contributed by atoms with Crippen molar-refractivity contribution in [1.82, 2.24) is 4.90 Å². The molecule has 1 aliphatic rings. The van der Waals surface area contributed by atoms with E-state index in [4.69, 9.17) is 14.6 Å². The van der Waals surface area contributed by atoms with Crippen LogP contribution in [0.1, 0.15) is 23.7 Å². The third-order valence-corrected chi connectivity index (χ3v) is 3.46. The van der Waals surface area contributed by atoms with E-state index in [-0.39, 0.29) is 18.9 Å². The van der Waals surface area contributed by atoms with Gasteiger partial charge in [-0.25, -0.2) is 0 Å². The quantitative estimate of drug-likeness (QED) is 0.811. The standard InChI is InChI=1S/C17H21NO5/c1-12(2)10-23-15-5-3-4-13(8-15)17(21)18-6-7-22-11-14(18)9-16(19)20/h3-5,8,14H,1,6-7,9-11H2,2H3,(H,19,20)/t14-/m1/s1. The Hall–Kier alpha value is -2.34. The van der Waals surface area contributed by atoms with Gasteiger partial charge < -0.3 is 19.5 Å². The van der Waals surface area contributed by atoms with Crippen molar-refractivity contribution in [2.24, 2.45) is 0 Å². The number of carbonyl (C=O) groups is 2. The third kappa shape index (κ3) is 4.82. The second-order valence-electron chi connectivity index (χ2n) is 5.60. The Morgan fingerprint density at radius 1 is 1.48 bits per heavy atom. The fourth-order valence-electron chi connectivity index (χ4n) is 2.38.